The van der Waals surface area contributed by atoms with E-state index < -0.39 is 27.6 Å². The molecule has 180 valence electrons. The zero-order valence-corrected chi connectivity index (χ0v) is 20.4. The maximum atomic E-state index is 12.6. The Hall–Kier alpha value is -3.16. The van der Waals surface area contributed by atoms with Crippen LogP contribution in [-0.4, -0.2) is 49.0 Å². The van der Waals surface area contributed by atoms with Gasteiger partial charge in [0.1, 0.15) is 6.07 Å². The predicted molar refractivity (Wildman–Crippen MR) is 135 cm³/mol. The molecule has 0 aliphatic heterocycles. The summed E-state index contributed by atoms with van der Waals surface area (Å²) >= 11 is 0. The standard InChI is InChI=1S/C25H30N4O4S/c1-4-11-27-21-8-7-18-12-20(6-5-19(18)13-21)24-10-9-23(29(24)3)17(2)25(14-26)34(32,33)28-15-22(31)16-30/h5-10,12-13,22,27-28,30-31H,4,11,15-16H2,1-3H3/b25-17+. The molecule has 1 aromatic heterocycles. The molecule has 0 bridgehead atoms. The summed E-state index contributed by atoms with van der Waals surface area (Å²) in [7, 11) is -2.34. The summed E-state index contributed by atoms with van der Waals surface area (Å²) in [5.74, 6) is 0. The first-order chi connectivity index (χ1) is 16.2. The van der Waals surface area contributed by atoms with Gasteiger partial charge in [-0.1, -0.05) is 25.1 Å². The van der Waals surface area contributed by atoms with Gasteiger partial charge in [0.2, 0.25) is 0 Å². The Morgan fingerprint density at radius 1 is 1.15 bits per heavy atom. The van der Waals surface area contributed by atoms with Crippen LogP contribution in [0.2, 0.25) is 0 Å². The first-order valence-corrected chi connectivity index (χ1v) is 12.5. The monoisotopic (exact) mass is 482 g/mol. The number of allylic oxidation sites excluding steroid dienone is 2. The lowest BCUT2D eigenvalue weighted by atomic mass is 10.0. The molecular weight excluding hydrogens is 452 g/mol. The van der Waals surface area contributed by atoms with Crippen molar-refractivity contribution in [2.24, 2.45) is 7.05 Å². The number of nitriles is 1. The Bertz CT molecular complexity index is 1350. The lowest BCUT2D eigenvalue weighted by Gasteiger charge is -2.13. The summed E-state index contributed by atoms with van der Waals surface area (Å²) < 4.78 is 29.3. The summed E-state index contributed by atoms with van der Waals surface area (Å²) in [5, 5.41) is 33.5. The molecule has 0 aliphatic rings. The fourth-order valence-electron chi connectivity index (χ4n) is 3.77. The van der Waals surface area contributed by atoms with Gasteiger partial charge < -0.3 is 20.1 Å². The number of rotatable bonds is 10. The minimum absolute atomic E-state index is 0.287. The number of aromatic nitrogens is 1. The number of benzene rings is 2. The summed E-state index contributed by atoms with van der Waals surface area (Å²) in [6.07, 6.45) is -0.195. The van der Waals surface area contributed by atoms with Crippen LogP contribution in [0.25, 0.3) is 27.6 Å². The van der Waals surface area contributed by atoms with Gasteiger partial charge in [-0.2, -0.15) is 5.26 Å². The topological polar surface area (TPSA) is 127 Å². The highest BCUT2D eigenvalue weighted by Crippen LogP contribution is 2.30. The average molecular weight is 483 g/mol. The van der Waals surface area contributed by atoms with Crippen molar-refractivity contribution in [2.45, 2.75) is 26.4 Å². The minimum atomic E-state index is -4.16. The molecule has 3 rings (SSSR count). The van der Waals surface area contributed by atoms with E-state index in [1.165, 1.54) is 0 Å². The second kappa shape index (κ2) is 10.8. The second-order valence-electron chi connectivity index (χ2n) is 8.12. The number of sulfonamides is 1. The van der Waals surface area contributed by atoms with Crippen molar-refractivity contribution in [1.82, 2.24) is 9.29 Å². The molecule has 0 saturated heterocycles. The number of hydrogen-bond acceptors (Lipinski definition) is 6. The van der Waals surface area contributed by atoms with Crippen molar-refractivity contribution < 1.29 is 18.6 Å². The number of aliphatic hydroxyl groups is 2. The maximum Gasteiger partial charge on any atom is 0.251 e. The normalized spacial score (nSPS) is 13.4. The van der Waals surface area contributed by atoms with Gasteiger partial charge in [-0.15, -0.1) is 0 Å². The number of aliphatic hydroxyl groups excluding tert-OH is 2. The average Bonchev–Trinajstić information content (AvgIpc) is 3.22. The lowest BCUT2D eigenvalue weighted by Crippen LogP contribution is -2.34. The molecule has 0 fully saturated rings. The Balaban J connectivity index is 1.95. The van der Waals surface area contributed by atoms with E-state index in [9.17, 15) is 18.8 Å². The third-order valence-corrected chi connectivity index (χ3v) is 7.13. The number of fused-ring (bicyclic) bond motifs is 1. The Morgan fingerprint density at radius 2 is 1.85 bits per heavy atom. The van der Waals surface area contributed by atoms with Gasteiger partial charge in [0, 0.05) is 42.8 Å². The molecule has 0 spiro atoms. The van der Waals surface area contributed by atoms with Crippen LogP contribution in [0.15, 0.2) is 53.4 Å². The van der Waals surface area contributed by atoms with Crippen molar-refractivity contribution in [3.63, 3.8) is 0 Å². The minimum Gasteiger partial charge on any atom is -0.394 e. The van der Waals surface area contributed by atoms with Crippen LogP contribution < -0.4 is 10.0 Å². The zero-order valence-electron chi connectivity index (χ0n) is 19.5. The number of anilines is 1. The summed E-state index contributed by atoms with van der Waals surface area (Å²) in [6.45, 7) is 3.64. The first kappa shape index (κ1) is 25.5. The van der Waals surface area contributed by atoms with Gasteiger partial charge in [0.15, 0.2) is 4.91 Å². The molecule has 1 heterocycles. The van der Waals surface area contributed by atoms with E-state index in [2.05, 4.69) is 47.3 Å². The van der Waals surface area contributed by atoms with E-state index in [4.69, 9.17) is 5.11 Å². The SMILES string of the molecule is CCCNc1ccc2cc(-c3ccc(/C(C)=C(\C#N)S(=O)(=O)NCC(O)CO)n3C)ccc2c1. The van der Waals surface area contributed by atoms with E-state index in [0.29, 0.717) is 5.69 Å². The second-order valence-corrected chi connectivity index (χ2v) is 9.82. The molecule has 0 saturated carbocycles. The molecule has 9 heteroatoms. The summed E-state index contributed by atoms with van der Waals surface area (Å²) in [6, 6.07) is 17.8. The van der Waals surface area contributed by atoms with Crippen LogP contribution in [0.3, 0.4) is 0 Å². The highest BCUT2D eigenvalue weighted by atomic mass is 32.2. The van der Waals surface area contributed by atoms with Crippen LogP contribution in [0.1, 0.15) is 26.0 Å². The molecular formula is C25H30N4O4S. The molecule has 34 heavy (non-hydrogen) atoms. The highest BCUT2D eigenvalue weighted by molar-refractivity contribution is 7.93. The Labute approximate surface area is 200 Å². The summed E-state index contributed by atoms with van der Waals surface area (Å²) in [5.41, 5.74) is 3.79. The smallest absolute Gasteiger partial charge is 0.251 e. The van der Waals surface area contributed by atoms with Crippen molar-refractivity contribution in [3.8, 4) is 17.3 Å². The van der Waals surface area contributed by atoms with Crippen molar-refractivity contribution in [2.75, 3.05) is 25.0 Å². The molecule has 0 amide bonds. The predicted octanol–water partition coefficient (Wildman–Crippen LogP) is 3.19. The molecule has 8 nitrogen and oxygen atoms in total. The molecule has 1 atom stereocenters. The van der Waals surface area contributed by atoms with Gasteiger partial charge in [0.05, 0.1) is 12.7 Å². The third kappa shape index (κ3) is 5.48. The molecule has 0 aliphatic carbocycles. The highest BCUT2D eigenvalue weighted by Gasteiger charge is 2.23. The van der Waals surface area contributed by atoms with Crippen LogP contribution >= 0.6 is 0 Å². The first-order valence-electron chi connectivity index (χ1n) is 11.1. The fourth-order valence-corrected chi connectivity index (χ4v) is 4.95. The molecule has 2 aromatic carbocycles. The third-order valence-electron chi connectivity index (χ3n) is 5.65. The quantitative estimate of drug-likeness (QED) is 0.329. The maximum absolute atomic E-state index is 12.6. The van der Waals surface area contributed by atoms with Crippen molar-refractivity contribution in [1.29, 1.82) is 5.26 Å². The van der Waals surface area contributed by atoms with Gasteiger partial charge in [-0.3, -0.25) is 0 Å². The van der Waals surface area contributed by atoms with Crippen molar-refractivity contribution >= 4 is 32.1 Å². The zero-order chi connectivity index (χ0) is 24.9. The van der Waals surface area contributed by atoms with Crippen LogP contribution in [0, 0.1) is 11.3 Å². The summed E-state index contributed by atoms with van der Waals surface area (Å²) in [4.78, 5) is -0.434. The van der Waals surface area contributed by atoms with Crippen LogP contribution in [0.4, 0.5) is 5.69 Å². The van der Waals surface area contributed by atoms with Crippen LogP contribution in [-0.2, 0) is 17.1 Å². The number of nitrogens with zero attached hydrogens (tertiary/aromatic N) is 2. The van der Waals surface area contributed by atoms with Gasteiger partial charge in [-0.05, 0) is 60.0 Å². The van der Waals surface area contributed by atoms with E-state index >= 15 is 0 Å². The molecule has 3 aromatic rings. The Morgan fingerprint density at radius 3 is 2.53 bits per heavy atom. The van der Waals surface area contributed by atoms with Crippen LogP contribution in [0.5, 0.6) is 0 Å². The van der Waals surface area contributed by atoms with Gasteiger partial charge in [0.25, 0.3) is 10.0 Å². The number of hydrogen-bond donors (Lipinski definition) is 4. The lowest BCUT2D eigenvalue weighted by molar-refractivity contribution is 0.0989. The van der Waals surface area contributed by atoms with E-state index in [1.54, 1.807) is 19.1 Å². The van der Waals surface area contributed by atoms with E-state index in [0.717, 1.165) is 40.7 Å². The molecule has 0 radical (unpaired) electrons. The molecule has 4 N–H and O–H groups in total. The molecule has 1 unspecified atom stereocenters. The van der Waals surface area contributed by atoms with Gasteiger partial charge >= 0.3 is 0 Å². The Kier molecular flexibility index (Phi) is 8.12. The number of nitrogens with one attached hydrogen (secondary N) is 2. The van der Waals surface area contributed by atoms with E-state index in [-0.39, 0.29) is 12.1 Å². The fraction of sp³-hybridized carbons (Fsp3) is 0.320. The van der Waals surface area contributed by atoms with Gasteiger partial charge in [-0.25, -0.2) is 13.1 Å². The van der Waals surface area contributed by atoms with Crippen molar-refractivity contribution in [3.05, 3.63) is 59.1 Å². The van der Waals surface area contributed by atoms with E-state index in [1.807, 2.05) is 23.7 Å². The largest absolute Gasteiger partial charge is 0.394 e.